The van der Waals surface area contributed by atoms with Gasteiger partial charge in [-0.1, -0.05) is 36.4 Å². The Kier molecular flexibility index (Phi) is 6.75. The number of esters is 1. The molecule has 0 amide bonds. The van der Waals surface area contributed by atoms with Crippen LogP contribution in [0.5, 0.6) is 0 Å². The maximum absolute atomic E-state index is 11.6. The number of hydrogen-bond acceptors (Lipinski definition) is 3. The maximum atomic E-state index is 11.6. The molecule has 126 valence electrons. The number of anilines is 1. The highest BCUT2D eigenvalue weighted by Gasteiger charge is 2.08. The number of nitrogens with one attached hydrogen (secondary N) is 2. The minimum atomic E-state index is -0.367. The summed E-state index contributed by atoms with van der Waals surface area (Å²) < 4.78 is 4.72. The van der Waals surface area contributed by atoms with Crippen LogP contribution in [0.2, 0.25) is 0 Å². The standard InChI is InChI=1S/C19H22N2O2S/c1-14(11-12-15-7-4-3-5-8-15)20-19(24)21-17-10-6-9-16(13-17)18(22)23-2/h3-10,13-14H,11-12H2,1-2H3,(H2,20,21,24). The molecule has 5 heteroatoms. The normalized spacial score (nSPS) is 11.4. The van der Waals surface area contributed by atoms with Crippen molar-refractivity contribution >= 4 is 29.0 Å². The summed E-state index contributed by atoms with van der Waals surface area (Å²) >= 11 is 5.34. The maximum Gasteiger partial charge on any atom is 0.337 e. The van der Waals surface area contributed by atoms with Crippen LogP contribution < -0.4 is 10.6 Å². The lowest BCUT2D eigenvalue weighted by atomic mass is 10.1. The highest BCUT2D eigenvalue weighted by atomic mass is 32.1. The Balaban J connectivity index is 1.83. The molecule has 0 heterocycles. The largest absolute Gasteiger partial charge is 0.465 e. The summed E-state index contributed by atoms with van der Waals surface area (Å²) in [6.45, 7) is 2.10. The molecule has 0 aliphatic heterocycles. The van der Waals surface area contributed by atoms with Crippen LogP contribution in [-0.4, -0.2) is 24.2 Å². The molecule has 24 heavy (non-hydrogen) atoms. The summed E-state index contributed by atoms with van der Waals surface area (Å²) in [6, 6.07) is 17.7. The number of carbonyl (C=O) groups is 1. The van der Waals surface area contributed by atoms with Crippen molar-refractivity contribution in [3.8, 4) is 0 Å². The predicted octanol–water partition coefficient (Wildman–Crippen LogP) is 3.78. The molecule has 0 aliphatic carbocycles. The van der Waals surface area contributed by atoms with Gasteiger partial charge in [0.2, 0.25) is 0 Å². The van der Waals surface area contributed by atoms with E-state index in [-0.39, 0.29) is 12.0 Å². The Morgan fingerprint density at radius 2 is 1.92 bits per heavy atom. The number of thiocarbonyl (C=S) groups is 1. The quantitative estimate of drug-likeness (QED) is 0.618. The Bertz CT molecular complexity index is 689. The Morgan fingerprint density at radius 3 is 2.62 bits per heavy atom. The highest BCUT2D eigenvalue weighted by Crippen LogP contribution is 2.12. The van der Waals surface area contributed by atoms with Gasteiger partial charge in [-0.3, -0.25) is 0 Å². The van der Waals surface area contributed by atoms with Gasteiger partial charge in [-0.05, 0) is 55.7 Å². The van der Waals surface area contributed by atoms with Gasteiger partial charge in [-0.25, -0.2) is 4.79 Å². The predicted molar refractivity (Wildman–Crippen MR) is 101 cm³/mol. The van der Waals surface area contributed by atoms with Crippen LogP contribution in [0.25, 0.3) is 0 Å². The van der Waals surface area contributed by atoms with E-state index in [1.54, 1.807) is 18.2 Å². The van der Waals surface area contributed by atoms with Crippen molar-refractivity contribution < 1.29 is 9.53 Å². The molecule has 2 N–H and O–H groups in total. The number of carbonyl (C=O) groups excluding carboxylic acids is 1. The molecule has 0 saturated heterocycles. The molecule has 0 spiro atoms. The third kappa shape index (κ3) is 5.66. The molecule has 0 aromatic heterocycles. The molecular weight excluding hydrogens is 320 g/mol. The summed E-state index contributed by atoms with van der Waals surface area (Å²) in [5.74, 6) is -0.367. The van der Waals surface area contributed by atoms with Gasteiger partial charge in [0, 0.05) is 11.7 Å². The number of benzene rings is 2. The first-order chi connectivity index (χ1) is 11.6. The van der Waals surface area contributed by atoms with E-state index in [1.165, 1.54) is 12.7 Å². The zero-order valence-corrected chi connectivity index (χ0v) is 14.7. The topological polar surface area (TPSA) is 50.4 Å². The zero-order chi connectivity index (χ0) is 17.4. The van der Waals surface area contributed by atoms with Crippen LogP contribution in [0.4, 0.5) is 5.69 Å². The van der Waals surface area contributed by atoms with Crippen LogP contribution in [-0.2, 0) is 11.2 Å². The van der Waals surface area contributed by atoms with E-state index in [4.69, 9.17) is 17.0 Å². The molecule has 1 unspecified atom stereocenters. The van der Waals surface area contributed by atoms with Crippen LogP contribution in [0, 0.1) is 0 Å². The van der Waals surface area contributed by atoms with E-state index in [0.29, 0.717) is 10.7 Å². The first-order valence-electron chi connectivity index (χ1n) is 7.88. The van der Waals surface area contributed by atoms with Crippen molar-refractivity contribution in [3.05, 3.63) is 65.7 Å². The van der Waals surface area contributed by atoms with Crippen molar-refractivity contribution in [3.63, 3.8) is 0 Å². The van der Waals surface area contributed by atoms with Crippen molar-refractivity contribution in [1.82, 2.24) is 5.32 Å². The van der Waals surface area contributed by atoms with Gasteiger partial charge in [-0.15, -0.1) is 0 Å². The van der Waals surface area contributed by atoms with Crippen molar-refractivity contribution in [2.45, 2.75) is 25.8 Å². The van der Waals surface area contributed by atoms with Crippen LogP contribution in [0.3, 0.4) is 0 Å². The minimum Gasteiger partial charge on any atom is -0.465 e. The van der Waals surface area contributed by atoms with E-state index in [9.17, 15) is 4.79 Å². The lowest BCUT2D eigenvalue weighted by molar-refractivity contribution is 0.0601. The smallest absolute Gasteiger partial charge is 0.337 e. The fourth-order valence-electron chi connectivity index (χ4n) is 2.33. The molecule has 2 aromatic carbocycles. The summed E-state index contributed by atoms with van der Waals surface area (Å²) in [5.41, 5.74) is 2.56. The molecule has 2 rings (SSSR count). The van der Waals surface area contributed by atoms with E-state index < -0.39 is 0 Å². The SMILES string of the molecule is COC(=O)c1cccc(NC(=S)NC(C)CCc2ccccc2)c1. The Labute approximate surface area is 148 Å². The lowest BCUT2D eigenvalue weighted by Crippen LogP contribution is -2.36. The minimum absolute atomic E-state index is 0.244. The second-order valence-corrected chi connectivity index (χ2v) is 6.00. The summed E-state index contributed by atoms with van der Waals surface area (Å²) in [7, 11) is 1.36. The number of hydrogen-bond donors (Lipinski definition) is 2. The van der Waals surface area contributed by atoms with Crippen LogP contribution in [0.15, 0.2) is 54.6 Å². The van der Waals surface area contributed by atoms with Gasteiger partial charge in [0.15, 0.2) is 5.11 Å². The molecule has 0 fully saturated rings. The average molecular weight is 342 g/mol. The Hall–Kier alpha value is -2.40. The summed E-state index contributed by atoms with van der Waals surface area (Å²) in [4.78, 5) is 11.6. The fourth-order valence-corrected chi connectivity index (χ4v) is 2.65. The molecule has 2 aromatic rings. The second-order valence-electron chi connectivity index (χ2n) is 5.60. The number of aryl methyl sites for hydroxylation is 1. The van der Waals surface area contributed by atoms with Gasteiger partial charge in [0.05, 0.1) is 12.7 Å². The number of methoxy groups -OCH3 is 1. The highest BCUT2D eigenvalue weighted by molar-refractivity contribution is 7.80. The second kappa shape index (κ2) is 9.03. The van der Waals surface area contributed by atoms with Gasteiger partial charge in [0.1, 0.15) is 0 Å². The third-order valence-corrected chi connectivity index (χ3v) is 3.85. The molecule has 0 saturated carbocycles. The first kappa shape index (κ1) is 17.9. The van der Waals surface area contributed by atoms with Gasteiger partial charge < -0.3 is 15.4 Å². The molecule has 4 nitrogen and oxygen atoms in total. The molecular formula is C19H22N2O2S. The van der Waals surface area contributed by atoms with E-state index in [2.05, 4.69) is 29.7 Å². The van der Waals surface area contributed by atoms with E-state index in [0.717, 1.165) is 18.5 Å². The van der Waals surface area contributed by atoms with Gasteiger partial charge in [-0.2, -0.15) is 0 Å². The summed E-state index contributed by atoms with van der Waals surface area (Å²) in [6.07, 6.45) is 1.98. The molecule has 0 bridgehead atoms. The van der Waals surface area contributed by atoms with E-state index in [1.807, 2.05) is 24.3 Å². The Morgan fingerprint density at radius 1 is 1.17 bits per heavy atom. The monoisotopic (exact) mass is 342 g/mol. The van der Waals surface area contributed by atoms with Crippen molar-refractivity contribution in [2.24, 2.45) is 0 Å². The van der Waals surface area contributed by atoms with Crippen LogP contribution in [0.1, 0.15) is 29.3 Å². The molecule has 0 aliphatic rings. The first-order valence-corrected chi connectivity index (χ1v) is 8.29. The lowest BCUT2D eigenvalue weighted by Gasteiger charge is -2.17. The molecule has 1 atom stereocenters. The van der Waals surface area contributed by atoms with Crippen molar-refractivity contribution in [1.29, 1.82) is 0 Å². The third-order valence-electron chi connectivity index (χ3n) is 3.63. The molecule has 0 radical (unpaired) electrons. The van der Waals surface area contributed by atoms with E-state index >= 15 is 0 Å². The van der Waals surface area contributed by atoms with Gasteiger partial charge >= 0.3 is 5.97 Å². The zero-order valence-electron chi connectivity index (χ0n) is 13.9. The van der Waals surface area contributed by atoms with Crippen molar-refractivity contribution in [2.75, 3.05) is 12.4 Å². The number of rotatable bonds is 6. The fraction of sp³-hybridized carbons (Fsp3) is 0.263. The van der Waals surface area contributed by atoms with Gasteiger partial charge in [0.25, 0.3) is 0 Å². The number of ether oxygens (including phenoxy) is 1. The van der Waals surface area contributed by atoms with Crippen LogP contribution >= 0.6 is 12.2 Å². The average Bonchev–Trinajstić information content (AvgIpc) is 2.60. The summed E-state index contributed by atoms with van der Waals surface area (Å²) in [5, 5.41) is 6.91.